The maximum absolute atomic E-state index is 5.35. The van der Waals surface area contributed by atoms with Gasteiger partial charge in [-0.25, -0.2) is 15.0 Å². The Labute approximate surface area is 321 Å². The maximum atomic E-state index is 5.35. The molecule has 0 unspecified atom stereocenters. The Balaban J connectivity index is 1.22. The van der Waals surface area contributed by atoms with Crippen molar-refractivity contribution in [3.63, 3.8) is 0 Å². The molecule has 12 rings (SSSR count). The molecule has 56 heavy (non-hydrogen) atoms. The van der Waals surface area contributed by atoms with Crippen LogP contribution in [0.15, 0.2) is 188 Å². The van der Waals surface area contributed by atoms with E-state index in [9.17, 15) is 0 Å². The van der Waals surface area contributed by atoms with E-state index in [-0.39, 0.29) is 0 Å². The largest absolute Gasteiger partial charge is 0.292 e. The van der Waals surface area contributed by atoms with Gasteiger partial charge in [-0.3, -0.25) is 9.13 Å². The standard InChI is InChI=1S/C51H31N5/c1-4-16-32(17-5-1)49-38-24-12-14-26-42(38)53-51(54-49)56-44-27-15-13-25-39(44)48-45(56)29-28-37-41-31-46-43(30-40(41)35-22-10-11-23-36(35)47(37)48)52-50(33-18-6-2-7-19-33)55(46)34-20-8-3-9-21-34/h1-31H. The number of rotatable bonds is 4. The number of aromatic nitrogens is 5. The zero-order valence-electron chi connectivity index (χ0n) is 30.1. The first-order valence-corrected chi connectivity index (χ1v) is 19.0. The van der Waals surface area contributed by atoms with Crippen molar-refractivity contribution in [3.8, 4) is 34.3 Å². The lowest BCUT2D eigenvalue weighted by molar-refractivity contribution is 1.01. The van der Waals surface area contributed by atoms with E-state index >= 15 is 0 Å². The van der Waals surface area contributed by atoms with E-state index in [0.29, 0.717) is 5.95 Å². The minimum absolute atomic E-state index is 0.653. The summed E-state index contributed by atoms with van der Waals surface area (Å²) in [6.45, 7) is 0. The van der Waals surface area contributed by atoms with Gasteiger partial charge in [0.25, 0.3) is 0 Å². The van der Waals surface area contributed by atoms with E-state index in [1.165, 1.54) is 37.7 Å². The molecular weight excluding hydrogens is 683 g/mol. The Kier molecular flexibility index (Phi) is 6.56. The van der Waals surface area contributed by atoms with Crippen LogP contribution in [0.1, 0.15) is 0 Å². The summed E-state index contributed by atoms with van der Waals surface area (Å²) in [4.78, 5) is 15.9. The molecule has 0 saturated carbocycles. The lowest BCUT2D eigenvalue weighted by atomic mass is 9.91. The van der Waals surface area contributed by atoms with Gasteiger partial charge in [0.15, 0.2) is 0 Å². The van der Waals surface area contributed by atoms with Crippen molar-refractivity contribution < 1.29 is 0 Å². The van der Waals surface area contributed by atoms with Crippen LogP contribution in [0.4, 0.5) is 0 Å². The third kappa shape index (κ3) is 4.46. The highest BCUT2D eigenvalue weighted by atomic mass is 15.2. The van der Waals surface area contributed by atoms with Gasteiger partial charge in [0, 0.05) is 38.4 Å². The molecule has 9 aromatic carbocycles. The smallest absolute Gasteiger partial charge is 0.235 e. The van der Waals surface area contributed by atoms with Crippen LogP contribution in [-0.2, 0) is 0 Å². The highest BCUT2D eigenvalue weighted by Crippen LogP contribution is 2.45. The molecule has 0 aliphatic carbocycles. The summed E-state index contributed by atoms with van der Waals surface area (Å²) < 4.78 is 4.55. The second kappa shape index (κ2) is 11.9. The SMILES string of the molecule is c1ccc(-c2nc(-n3c4ccccc4c4c5c6ccccc6c6cc7nc(-c8ccccc8)n(-c8ccccc8)c7cc6c5ccc43)nc3ccccc23)cc1. The van der Waals surface area contributed by atoms with Crippen LogP contribution in [0.3, 0.4) is 0 Å². The summed E-state index contributed by atoms with van der Waals surface area (Å²) in [5.74, 6) is 1.58. The van der Waals surface area contributed by atoms with Gasteiger partial charge in [-0.2, -0.15) is 0 Å². The predicted octanol–water partition coefficient (Wildman–Crippen LogP) is 12.9. The molecule has 12 aromatic rings. The molecule has 0 aliphatic rings. The monoisotopic (exact) mass is 713 g/mol. The van der Waals surface area contributed by atoms with E-state index in [4.69, 9.17) is 15.0 Å². The molecule has 0 spiro atoms. The van der Waals surface area contributed by atoms with Gasteiger partial charge < -0.3 is 0 Å². The molecule has 260 valence electrons. The fraction of sp³-hybridized carbons (Fsp3) is 0. The van der Waals surface area contributed by atoms with Crippen LogP contribution in [0.25, 0.3) is 110 Å². The van der Waals surface area contributed by atoms with Crippen molar-refractivity contribution in [2.45, 2.75) is 0 Å². The summed E-state index contributed by atoms with van der Waals surface area (Å²) >= 11 is 0. The molecule has 0 amide bonds. The molecule has 0 bridgehead atoms. The Morgan fingerprint density at radius 3 is 1.71 bits per heavy atom. The fourth-order valence-electron chi connectivity index (χ4n) is 8.89. The Morgan fingerprint density at radius 2 is 0.929 bits per heavy atom. The topological polar surface area (TPSA) is 48.5 Å². The minimum Gasteiger partial charge on any atom is -0.292 e. The van der Waals surface area contributed by atoms with E-state index in [1.54, 1.807) is 0 Å². The summed E-state index contributed by atoms with van der Waals surface area (Å²) in [6.07, 6.45) is 0. The van der Waals surface area contributed by atoms with Crippen LogP contribution in [0.2, 0.25) is 0 Å². The summed E-state index contributed by atoms with van der Waals surface area (Å²) in [5.41, 5.74) is 9.22. The van der Waals surface area contributed by atoms with Crippen molar-refractivity contribution in [2.24, 2.45) is 0 Å². The van der Waals surface area contributed by atoms with E-state index < -0.39 is 0 Å². The Hall–Kier alpha value is -7.63. The van der Waals surface area contributed by atoms with Gasteiger partial charge >= 0.3 is 0 Å². The third-order valence-corrected chi connectivity index (χ3v) is 11.3. The average molecular weight is 714 g/mol. The van der Waals surface area contributed by atoms with Crippen molar-refractivity contribution in [1.82, 2.24) is 24.1 Å². The van der Waals surface area contributed by atoms with Crippen LogP contribution in [0, 0.1) is 0 Å². The molecule has 0 radical (unpaired) electrons. The predicted molar refractivity (Wildman–Crippen MR) is 232 cm³/mol. The molecule has 0 saturated heterocycles. The number of benzene rings is 9. The fourth-order valence-corrected chi connectivity index (χ4v) is 8.89. The molecule has 3 heterocycles. The first-order chi connectivity index (χ1) is 27.8. The summed E-state index contributed by atoms with van der Waals surface area (Å²) in [7, 11) is 0. The summed E-state index contributed by atoms with van der Waals surface area (Å²) in [5, 5.41) is 10.6. The molecule has 0 N–H and O–H groups in total. The number of fused-ring (bicyclic) bond motifs is 12. The third-order valence-electron chi connectivity index (χ3n) is 11.3. The van der Waals surface area contributed by atoms with E-state index in [0.717, 1.165) is 66.7 Å². The summed E-state index contributed by atoms with van der Waals surface area (Å²) in [6, 6.07) is 66.5. The lowest BCUT2D eigenvalue weighted by Crippen LogP contribution is -2.03. The highest BCUT2D eigenvalue weighted by Gasteiger charge is 2.22. The normalized spacial score (nSPS) is 11.9. The van der Waals surface area contributed by atoms with E-state index in [2.05, 4.69) is 185 Å². The Morgan fingerprint density at radius 1 is 0.321 bits per heavy atom. The van der Waals surface area contributed by atoms with Crippen molar-refractivity contribution in [2.75, 3.05) is 0 Å². The number of hydrogen-bond acceptors (Lipinski definition) is 3. The number of hydrogen-bond donors (Lipinski definition) is 0. The van der Waals surface area contributed by atoms with Crippen LogP contribution in [0.5, 0.6) is 0 Å². The van der Waals surface area contributed by atoms with Crippen LogP contribution >= 0.6 is 0 Å². The second-order valence-corrected chi connectivity index (χ2v) is 14.4. The lowest BCUT2D eigenvalue weighted by Gasteiger charge is -2.14. The molecule has 0 atom stereocenters. The number of nitrogens with zero attached hydrogens (tertiary/aromatic N) is 5. The zero-order valence-corrected chi connectivity index (χ0v) is 30.1. The van der Waals surface area contributed by atoms with Gasteiger partial charge in [-0.1, -0.05) is 146 Å². The van der Waals surface area contributed by atoms with Gasteiger partial charge in [-0.15, -0.1) is 0 Å². The first kappa shape index (κ1) is 30.8. The minimum atomic E-state index is 0.653. The van der Waals surface area contributed by atoms with E-state index in [1.807, 2.05) is 12.1 Å². The first-order valence-electron chi connectivity index (χ1n) is 19.0. The number of para-hydroxylation sites is 3. The highest BCUT2D eigenvalue weighted by molar-refractivity contribution is 6.36. The van der Waals surface area contributed by atoms with Gasteiger partial charge in [0.2, 0.25) is 5.95 Å². The van der Waals surface area contributed by atoms with Gasteiger partial charge in [-0.05, 0) is 69.4 Å². The van der Waals surface area contributed by atoms with Gasteiger partial charge in [0.05, 0.1) is 33.3 Å². The quantitative estimate of drug-likeness (QED) is 0.171. The number of imidazole rings is 1. The maximum Gasteiger partial charge on any atom is 0.235 e. The zero-order chi connectivity index (χ0) is 36.7. The molecule has 5 nitrogen and oxygen atoms in total. The molecular formula is C51H31N5. The second-order valence-electron chi connectivity index (χ2n) is 14.4. The van der Waals surface area contributed by atoms with Crippen LogP contribution < -0.4 is 0 Å². The average Bonchev–Trinajstić information content (AvgIpc) is 3.82. The van der Waals surface area contributed by atoms with Gasteiger partial charge in [0.1, 0.15) is 5.82 Å². The molecule has 3 aromatic heterocycles. The molecule has 5 heteroatoms. The van der Waals surface area contributed by atoms with Crippen molar-refractivity contribution >= 4 is 76.1 Å². The Bertz CT molecular complexity index is 3510. The van der Waals surface area contributed by atoms with Crippen molar-refractivity contribution in [1.29, 1.82) is 0 Å². The van der Waals surface area contributed by atoms with Crippen LogP contribution in [-0.4, -0.2) is 24.1 Å². The molecule has 0 fully saturated rings. The molecule has 0 aliphatic heterocycles. The van der Waals surface area contributed by atoms with Crippen molar-refractivity contribution in [3.05, 3.63) is 188 Å².